The van der Waals surface area contributed by atoms with E-state index in [1.165, 1.54) is 25.1 Å². The van der Waals surface area contributed by atoms with Gasteiger partial charge in [0.05, 0.1) is 29.1 Å². The second kappa shape index (κ2) is 11.2. The van der Waals surface area contributed by atoms with Gasteiger partial charge in [0.15, 0.2) is 18.0 Å². The van der Waals surface area contributed by atoms with Gasteiger partial charge in [-0.1, -0.05) is 32.0 Å². The maximum atomic E-state index is 13.5. The molecule has 13 heteroatoms. The molecule has 4 heterocycles. The second-order valence-corrected chi connectivity index (χ2v) is 12.2. The summed E-state index contributed by atoms with van der Waals surface area (Å²) in [5.74, 6) is -1.02. The topological polar surface area (TPSA) is 198 Å². The number of aliphatic hydroxyl groups excluding tert-OH is 4. The molecule has 4 unspecified atom stereocenters. The first kappa shape index (κ1) is 30.8. The predicted molar refractivity (Wildman–Crippen MR) is 163 cm³/mol. The van der Waals surface area contributed by atoms with Crippen molar-refractivity contribution in [3.63, 3.8) is 0 Å². The van der Waals surface area contributed by atoms with E-state index in [9.17, 15) is 35.1 Å². The highest BCUT2D eigenvalue weighted by Crippen LogP contribution is 2.45. The Bertz CT molecular complexity index is 2070. The van der Waals surface area contributed by atoms with Crippen molar-refractivity contribution in [3.8, 4) is 11.5 Å². The molecule has 0 aliphatic carbocycles. The summed E-state index contributed by atoms with van der Waals surface area (Å²) in [7, 11) is 0. The van der Waals surface area contributed by atoms with Gasteiger partial charge in [-0.05, 0) is 38.0 Å². The Labute approximate surface area is 260 Å². The van der Waals surface area contributed by atoms with Crippen LogP contribution in [0.3, 0.4) is 0 Å². The van der Waals surface area contributed by atoms with Crippen molar-refractivity contribution in [1.29, 1.82) is 0 Å². The molecule has 13 nitrogen and oxygen atoms in total. The molecule has 0 radical (unpaired) electrons. The van der Waals surface area contributed by atoms with Crippen LogP contribution in [0.5, 0.6) is 11.5 Å². The van der Waals surface area contributed by atoms with Crippen molar-refractivity contribution in [2.24, 2.45) is 5.92 Å². The molecule has 2 aliphatic rings. The second-order valence-electron chi connectivity index (χ2n) is 12.2. The average Bonchev–Trinajstić information content (AvgIpc) is 3.03. The molecule has 0 saturated carbocycles. The number of aromatic hydroxyl groups is 1. The van der Waals surface area contributed by atoms with Gasteiger partial charge in [0.1, 0.15) is 40.8 Å². The Morgan fingerprint density at radius 2 is 1.43 bits per heavy atom. The van der Waals surface area contributed by atoms with Crippen molar-refractivity contribution in [2.75, 3.05) is 0 Å². The van der Waals surface area contributed by atoms with Crippen molar-refractivity contribution in [1.82, 2.24) is 0 Å². The van der Waals surface area contributed by atoms with Gasteiger partial charge in [-0.25, -0.2) is 9.59 Å². The van der Waals surface area contributed by atoms with E-state index >= 15 is 0 Å². The van der Waals surface area contributed by atoms with Gasteiger partial charge in [0.2, 0.25) is 6.29 Å². The minimum Gasteiger partial charge on any atom is -0.506 e. The van der Waals surface area contributed by atoms with Crippen molar-refractivity contribution in [2.45, 2.75) is 89.4 Å². The van der Waals surface area contributed by atoms with Crippen LogP contribution in [0, 0.1) is 5.92 Å². The lowest BCUT2D eigenvalue weighted by Crippen LogP contribution is -2.62. The quantitative estimate of drug-likeness (QED) is 0.107. The zero-order chi connectivity index (χ0) is 32.8. The predicted octanol–water partition coefficient (Wildman–Crippen LogP) is 2.24. The van der Waals surface area contributed by atoms with Crippen molar-refractivity contribution < 1.29 is 53.3 Å². The van der Waals surface area contributed by atoms with Crippen LogP contribution in [0.4, 0.5) is 0 Å². The molecule has 5 N–H and O–H groups in total. The van der Waals surface area contributed by atoms with E-state index in [2.05, 4.69) is 0 Å². The molecular weight excluding hydrogens is 604 g/mol. The number of rotatable bonds is 5. The fourth-order valence-corrected chi connectivity index (χ4v) is 6.76. The number of aliphatic hydroxyl groups is 4. The van der Waals surface area contributed by atoms with E-state index in [0.29, 0.717) is 17.4 Å². The highest BCUT2D eigenvalue weighted by atomic mass is 16.8. The van der Waals surface area contributed by atoms with Crippen LogP contribution < -0.4 is 16.0 Å². The zero-order valence-electron chi connectivity index (χ0n) is 25.4. The Morgan fingerprint density at radius 1 is 0.739 bits per heavy atom. The Morgan fingerprint density at radius 3 is 2.17 bits per heavy atom. The molecule has 2 aromatic heterocycles. The van der Waals surface area contributed by atoms with Crippen LogP contribution in [0.2, 0.25) is 0 Å². The summed E-state index contributed by atoms with van der Waals surface area (Å²) in [6.07, 6.45) is -10.5. The van der Waals surface area contributed by atoms with Crippen LogP contribution in [-0.4, -0.2) is 80.8 Å². The van der Waals surface area contributed by atoms with Crippen LogP contribution in [0.15, 0.2) is 48.8 Å². The third-order valence-corrected chi connectivity index (χ3v) is 9.42. The monoisotopic (exact) mass is 638 g/mol. The van der Waals surface area contributed by atoms with Gasteiger partial charge in [0.25, 0.3) is 0 Å². The Balaban J connectivity index is 1.40. The molecular formula is C33H34O13. The first-order chi connectivity index (χ1) is 21.9. The number of phenolic OH excluding ortho intramolecular Hbond substituents is 1. The summed E-state index contributed by atoms with van der Waals surface area (Å²) < 4.78 is 35.4. The third kappa shape index (κ3) is 4.49. The molecule has 0 spiro atoms. The van der Waals surface area contributed by atoms with E-state index in [1.807, 2.05) is 6.92 Å². The van der Waals surface area contributed by atoms with Crippen LogP contribution in [-0.2, 0) is 20.6 Å². The Kier molecular flexibility index (Phi) is 7.48. The van der Waals surface area contributed by atoms with Gasteiger partial charge < -0.3 is 53.3 Å². The first-order valence-electron chi connectivity index (χ1n) is 15.2. The standard InChI is InChI=1S/C33H34O13/c1-5-14-9-10-17-20-18(14)30(39)45-28-19-15(26(37)22(21(20)28)31(40)43-17)7-6-8-16(19)44-33-29(27(38)25(36)13(4)42-33)46-32-24(35)11(2)23(34)12(3)41-32/h6-13,23-25,27,29,32-38H,5H2,1-4H3/t11?,12?,13?,23-,24-,25+,27+,29?,32-,33+/m1/s1. The van der Waals surface area contributed by atoms with Gasteiger partial charge in [0, 0.05) is 22.1 Å². The summed E-state index contributed by atoms with van der Waals surface area (Å²) in [6, 6.07) is 7.85. The van der Waals surface area contributed by atoms with E-state index in [0.717, 1.165) is 0 Å². The summed E-state index contributed by atoms with van der Waals surface area (Å²) in [4.78, 5) is 26.7. The average molecular weight is 639 g/mol. The molecule has 0 bridgehead atoms. The first-order valence-corrected chi connectivity index (χ1v) is 15.2. The SMILES string of the molecule is CCc1ccc2oc(=O)c3c(O)c4cccc(O[C@@H]5OC(C)[C@H](O)[C@H](O)C5O[C@H]5OC(C)[C@H](O)C(C)[C@H]5O)c4c4oc(=O)c1c2c34. The molecule has 46 heavy (non-hydrogen) atoms. The van der Waals surface area contributed by atoms with E-state index in [1.54, 1.807) is 26.0 Å². The molecule has 3 aromatic carbocycles. The number of hydrogen-bond acceptors (Lipinski definition) is 13. The molecule has 5 aromatic rings. The number of aryl methyl sites for hydroxylation is 1. The molecule has 2 saturated heterocycles. The maximum absolute atomic E-state index is 13.5. The highest BCUT2D eigenvalue weighted by Gasteiger charge is 2.49. The minimum atomic E-state index is -1.56. The van der Waals surface area contributed by atoms with Crippen molar-refractivity contribution in [3.05, 3.63) is 56.7 Å². The van der Waals surface area contributed by atoms with Gasteiger partial charge in [-0.2, -0.15) is 0 Å². The minimum absolute atomic E-state index is 0.0330. The van der Waals surface area contributed by atoms with Gasteiger partial charge >= 0.3 is 11.3 Å². The fraction of sp³-hybridized carbons (Fsp3) is 0.455. The molecule has 7 rings (SSSR count). The van der Waals surface area contributed by atoms with Crippen LogP contribution in [0.25, 0.3) is 43.5 Å². The zero-order valence-corrected chi connectivity index (χ0v) is 25.4. The van der Waals surface area contributed by atoms with E-state index in [-0.39, 0.29) is 43.8 Å². The van der Waals surface area contributed by atoms with E-state index < -0.39 is 78.2 Å². The molecule has 2 fully saturated rings. The number of benzene rings is 3. The lowest BCUT2D eigenvalue weighted by atomic mass is 9.91. The lowest BCUT2D eigenvalue weighted by Gasteiger charge is -2.45. The maximum Gasteiger partial charge on any atom is 0.348 e. The molecule has 10 atom stereocenters. The van der Waals surface area contributed by atoms with Gasteiger partial charge in [-0.3, -0.25) is 0 Å². The third-order valence-electron chi connectivity index (χ3n) is 9.42. The largest absolute Gasteiger partial charge is 0.506 e. The number of hydrogen-bond donors (Lipinski definition) is 5. The Hall–Kier alpha value is -3.82. The fourth-order valence-electron chi connectivity index (χ4n) is 6.76. The van der Waals surface area contributed by atoms with Crippen LogP contribution in [0.1, 0.15) is 33.3 Å². The normalized spacial score (nSPS) is 32.2. The van der Waals surface area contributed by atoms with Crippen LogP contribution >= 0.6 is 0 Å². The smallest absolute Gasteiger partial charge is 0.348 e. The molecule has 2 aliphatic heterocycles. The summed E-state index contributed by atoms with van der Waals surface area (Å²) >= 11 is 0. The lowest BCUT2D eigenvalue weighted by molar-refractivity contribution is -0.346. The summed E-state index contributed by atoms with van der Waals surface area (Å²) in [5, 5.41) is 55.2. The number of fused-ring (bicyclic) bond motifs is 2. The number of ether oxygens (including phenoxy) is 4. The summed E-state index contributed by atoms with van der Waals surface area (Å²) in [6.45, 7) is 6.64. The number of phenols is 1. The highest BCUT2D eigenvalue weighted by molar-refractivity contribution is 6.28. The summed E-state index contributed by atoms with van der Waals surface area (Å²) in [5.41, 5.74) is -0.718. The molecule has 244 valence electrons. The molecule has 0 amide bonds. The van der Waals surface area contributed by atoms with Crippen molar-refractivity contribution >= 4 is 43.5 Å². The van der Waals surface area contributed by atoms with Gasteiger partial charge in [-0.15, -0.1) is 0 Å². The van der Waals surface area contributed by atoms with E-state index in [4.69, 9.17) is 27.8 Å².